The van der Waals surface area contributed by atoms with E-state index >= 15 is 0 Å². The molecule has 2 rings (SSSR count). The van der Waals surface area contributed by atoms with Crippen LogP contribution in [0.25, 0.3) is 0 Å². The first-order valence-electron chi connectivity index (χ1n) is 4.18. The summed E-state index contributed by atoms with van der Waals surface area (Å²) in [7, 11) is 0. The first kappa shape index (κ1) is 8.57. The number of carboxylic acids is 1. The summed E-state index contributed by atoms with van der Waals surface area (Å²) in [4.78, 5) is 10.6. The summed E-state index contributed by atoms with van der Waals surface area (Å²) in [5, 5.41) is 8.82. The molecule has 0 bridgehead atoms. The van der Waals surface area contributed by atoms with Gasteiger partial charge in [0.05, 0.1) is 10.9 Å². The van der Waals surface area contributed by atoms with E-state index in [-0.39, 0.29) is 5.38 Å². The van der Waals surface area contributed by atoms with Crippen LogP contribution >= 0.6 is 11.6 Å². The van der Waals surface area contributed by atoms with Gasteiger partial charge in [0.15, 0.2) is 0 Å². The van der Waals surface area contributed by atoms with E-state index in [1.54, 1.807) is 12.1 Å². The van der Waals surface area contributed by atoms with E-state index in [4.69, 9.17) is 16.7 Å². The van der Waals surface area contributed by atoms with Crippen molar-refractivity contribution < 1.29 is 9.90 Å². The highest BCUT2D eigenvalue weighted by Gasteiger charge is 2.20. The van der Waals surface area contributed by atoms with E-state index in [0.717, 1.165) is 24.0 Å². The van der Waals surface area contributed by atoms with E-state index in [9.17, 15) is 4.79 Å². The second-order valence-electron chi connectivity index (χ2n) is 3.22. The average Bonchev–Trinajstić information content (AvgIpc) is 2.47. The topological polar surface area (TPSA) is 37.3 Å². The van der Waals surface area contributed by atoms with E-state index in [2.05, 4.69) is 0 Å². The lowest BCUT2D eigenvalue weighted by Crippen LogP contribution is -1.97. The minimum atomic E-state index is -0.874. The molecule has 0 saturated heterocycles. The summed E-state index contributed by atoms with van der Waals surface area (Å²) in [6, 6.07) is 5.16. The average molecular weight is 197 g/mol. The van der Waals surface area contributed by atoms with Gasteiger partial charge in [0.2, 0.25) is 0 Å². The minimum absolute atomic E-state index is 0.0674. The Morgan fingerprint density at radius 2 is 2.31 bits per heavy atom. The molecule has 3 heteroatoms. The molecule has 2 nitrogen and oxygen atoms in total. The Hall–Kier alpha value is -1.02. The molecular weight excluding hydrogens is 188 g/mol. The number of carbonyl (C=O) groups is 1. The number of benzene rings is 1. The maximum absolute atomic E-state index is 10.6. The van der Waals surface area contributed by atoms with Crippen LogP contribution in [0.3, 0.4) is 0 Å². The van der Waals surface area contributed by atoms with E-state index in [0.29, 0.717) is 5.56 Å². The SMILES string of the molecule is O=C(O)c1ccc2c(c1)CCC2Cl. The van der Waals surface area contributed by atoms with Gasteiger partial charge >= 0.3 is 5.97 Å². The predicted octanol–water partition coefficient (Wildman–Crippen LogP) is 2.61. The predicted molar refractivity (Wildman–Crippen MR) is 50.3 cm³/mol. The second-order valence-corrected chi connectivity index (χ2v) is 3.75. The van der Waals surface area contributed by atoms with Gasteiger partial charge in [-0.3, -0.25) is 0 Å². The van der Waals surface area contributed by atoms with Gasteiger partial charge in [-0.05, 0) is 36.1 Å². The van der Waals surface area contributed by atoms with Crippen LogP contribution in [-0.4, -0.2) is 11.1 Å². The van der Waals surface area contributed by atoms with E-state index in [1.807, 2.05) is 6.07 Å². The number of carboxylic acid groups (broad SMARTS) is 1. The van der Waals surface area contributed by atoms with Crippen molar-refractivity contribution in [1.29, 1.82) is 0 Å². The van der Waals surface area contributed by atoms with Crippen molar-refractivity contribution >= 4 is 17.6 Å². The smallest absolute Gasteiger partial charge is 0.335 e. The van der Waals surface area contributed by atoms with Crippen molar-refractivity contribution in [3.05, 3.63) is 34.9 Å². The lowest BCUT2D eigenvalue weighted by atomic mass is 10.1. The van der Waals surface area contributed by atoms with Crippen LogP contribution < -0.4 is 0 Å². The molecule has 1 aromatic rings. The molecule has 0 aromatic heterocycles. The molecule has 0 amide bonds. The zero-order valence-electron chi connectivity index (χ0n) is 6.96. The van der Waals surface area contributed by atoms with Gasteiger partial charge in [0.25, 0.3) is 0 Å². The molecule has 68 valence electrons. The molecule has 0 aliphatic heterocycles. The lowest BCUT2D eigenvalue weighted by molar-refractivity contribution is 0.0697. The van der Waals surface area contributed by atoms with Crippen LogP contribution in [0.15, 0.2) is 18.2 Å². The van der Waals surface area contributed by atoms with Gasteiger partial charge in [0.1, 0.15) is 0 Å². The van der Waals surface area contributed by atoms with Gasteiger partial charge in [-0.2, -0.15) is 0 Å². The number of hydrogen-bond donors (Lipinski definition) is 1. The highest BCUT2D eigenvalue weighted by Crippen LogP contribution is 2.36. The maximum Gasteiger partial charge on any atom is 0.335 e. The fourth-order valence-corrected chi connectivity index (χ4v) is 2.02. The summed E-state index contributed by atoms with van der Waals surface area (Å²) in [6.45, 7) is 0. The summed E-state index contributed by atoms with van der Waals surface area (Å²) in [5.41, 5.74) is 2.52. The highest BCUT2D eigenvalue weighted by molar-refractivity contribution is 6.21. The van der Waals surface area contributed by atoms with Crippen LogP contribution in [0.5, 0.6) is 0 Å². The van der Waals surface area contributed by atoms with Crippen LogP contribution in [0.2, 0.25) is 0 Å². The van der Waals surface area contributed by atoms with Crippen molar-refractivity contribution in [2.24, 2.45) is 0 Å². The van der Waals surface area contributed by atoms with Crippen molar-refractivity contribution in [2.75, 3.05) is 0 Å². The third kappa shape index (κ3) is 1.42. The number of halogens is 1. The van der Waals surface area contributed by atoms with Crippen LogP contribution in [0, 0.1) is 0 Å². The number of hydrogen-bond acceptors (Lipinski definition) is 1. The maximum atomic E-state index is 10.6. The first-order valence-corrected chi connectivity index (χ1v) is 4.62. The quantitative estimate of drug-likeness (QED) is 0.701. The molecule has 1 N–H and O–H groups in total. The third-order valence-corrected chi connectivity index (χ3v) is 2.85. The summed E-state index contributed by atoms with van der Waals surface area (Å²) >= 11 is 6.03. The highest BCUT2D eigenvalue weighted by atomic mass is 35.5. The zero-order valence-corrected chi connectivity index (χ0v) is 7.71. The van der Waals surface area contributed by atoms with Crippen molar-refractivity contribution in [3.63, 3.8) is 0 Å². The molecule has 1 unspecified atom stereocenters. The lowest BCUT2D eigenvalue weighted by Gasteiger charge is -2.02. The molecule has 1 aliphatic rings. The van der Waals surface area contributed by atoms with Gasteiger partial charge < -0.3 is 5.11 Å². The fourth-order valence-electron chi connectivity index (χ4n) is 1.70. The molecule has 0 fully saturated rings. The molecule has 1 atom stereocenters. The number of alkyl halides is 1. The molecule has 0 spiro atoms. The van der Waals surface area contributed by atoms with Gasteiger partial charge in [0, 0.05) is 0 Å². The Bertz CT molecular complexity index is 360. The molecule has 1 aliphatic carbocycles. The van der Waals surface area contributed by atoms with Crippen molar-refractivity contribution in [2.45, 2.75) is 18.2 Å². The van der Waals surface area contributed by atoms with Crippen molar-refractivity contribution in [1.82, 2.24) is 0 Å². The monoisotopic (exact) mass is 196 g/mol. The number of fused-ring (bicyclic) bond motifs is 1. The fraction of sp³-hybridized carbons (Fsp3) is 0.300. The third-order valence-electron chi connectivity index (χ3n) is 2.39. The minimum Gasteiger partial charge on any atom is -0.478 e. The van der Waals surface area contributed by atoms with Gasteiger partial charge in [-0.1, -0.05) is 6.07 Å². The van der Waals surface area contributed by atoms with Gasteiger partial charge in [-0.15, -0.1) is 11.6 Å². The van der Waals surface area contributed by atoms with Gasteiger partial charge in [-0.25, -0.2) is 4.79 Å². The Kier molecular flexibility index (Phi) is 2.00. The van der Waals surface area contributed by atoms with Crippen LogP contribution in [0.1, 0.15) is 33.3 Å². The molecule has 0 heterocycles. The number of aryl methyl sites for hydroxylation is 1. The Morgan fingerprint density at radius 1 is 1.54 bits per heavy atom. The number of aromatic carboxylic acids is 1. The molecule has 1 aromatic carbocycles. The molecule has 0 saturated carbocycles. The van der Waals surface area contributed by atoms with Crippen LogP contribution in [-0.2, 0) is 6.42 Å². The number of rotatable bonds is 1. The molecular formula is C10H9ClO2. The normalized spacial score (nSPS) is 19.9. The summed E-state index contributed by atoms with van der Waals surface area (Å²) in [5.74, 6) is -0.874. The Morgan fingerprint density at radius 3 is 3.00 bits per heavy atom. The molecule has 0 radical (unpaired) electrons. The Balaban J connectivity index is 2.45. The standard InChI is InChI=1S/C10H9ClO2/c11-9-4-2-6-5-7(10(12)13)1-3-8(6)9/h1,3,5,9H,2,4H2,(H,12,13). The first-order chi connectivity index (χ1) is 6.18. The van der Waals surface area contributed by atoms with Crippen molar-refractivity contribution in [3.8, 4) is 0 Å². The molecule has 13 heavy (non-hydrogen) atoms. The van der Waals surface area contributed by atoms with E-state index < -0.39 is 5.97 Å². The largest absolute Gasteiger partial charge is 0.478 e. The summed E-state index contributed by atoms with van der Waals surface area (Å²) < 4.78 is 0. The van der Waals surface area contributed by atoms with E-state index in [1.165, 1.54) is 0 Å². The second kappa shape index (κ2) is 3.04. The Labute approximate surface area is 81.1 Å². The van der Waals surface area contributed by atoms with Crippen LogP contribution in [0.4, 0.5) is 0 Å². The zero-order chi connectivity index (χ0) is 9.42. The summed E-state index contributed by atoms with van der Waals surface area (Å²) in [6.07, 6.45) is 1.81.